The van der Waals surface area contributed by atoms with Gasteiger partial charge in [0.1, 0.15) is 0 Å². The molecule has 0 spiro atoms. The molecule has 0 bridgehead atoms. The van der Waals surface area contributed by atoms with Crippen molar-refractivity contribution in [2.75, 3.05) is 36.5 Å². The molecule has 0 aliphatic carbocycles. The molecule has 1 atom stereocenters. The minimum atomic E-state index is -0.679. The Morgan fingerprint density at radius 2 is 1.77 bits per heavy atom. The lowest BCUT2D eigenvalue weighted by atomic mass is 10.2. The number of carbonyl (C=O) groups is 1. The Balaban J connectivity index is 1.36. The number of morpholine rings is 1. The second kappa shape index (κ2) is 9.00. The van der Waals surface area contributed by atoms with Crippen molar-refractivity contribution in [1.29, 1.82) is 0 Å². The Hall–Kier alpha value is -3.32. The van der Waals surface area contributed by atoms with E-state index in [1.54, 1.807) is 11.6 Å². The fraction of sp³-hybridized carbons (Fsp3) is 0.304. The lowest BCUT2D eigenvalue weighted by molar-refractivity contribution is -0.122. The molecule has 1 aromatic heterocycles. The average molecular weight is 406 g/mol. The van der Waals surface area contributed by atoms with Gasteiger partial charge in [-0.3, -0.25) is 4.79 Å². The van der Waals surface area contributed by atoms with Gasteiger partial charge in [-0.2, -0.15) is 0 Å². The van der Waals surface area contributed by atoms with Crippen LogP contribution >= 0.6 is 0 Å². The second-order valence-electron chi connectivity index (χ2n) is 7.29. The minimum Gasteiger partial charge on any atom is -0.463 e. The predicted molar refractivity (Wildman–Crippen MR) is 116 cm³/mol. The number of carbonyl (C=O) groups excluding carboxylic acids is 1. The molecule has 1 amide bonds. The van der Waals surface area contributed by atoms with Gasteiger partial charge in [0.2, 0.25) is 5.88 Å². The van der Waals surface area contributed by atoms with Crippen LogP contribution in [0.3, 0.4) is 0 Å². The molecule has 0 radical (unpaired) electrons. The van der Waals surface area contributed by atoms with Gasteiger partial charge in [0.25, 0.3) is 5.91 Å². The van der Waals surface area contributed by atoms with Crippen LogP contribution in [-0.4, -0.2) is 48.1 Å². The van der Waals surface area contributed by atoms with Gasteiger partial charge in [-0.1, -0.05) is 18.2 Å². The molecular weight excluding hydrogens is 380 g/mol. The third-order valence-electron chi connectivity index (χ3n) is 5.04. The van der Waals surface area contributed by atoms with Crippen LogP contribution in [0.1, 0.15) is 12.5 Å². The number of nitrogens with one attached hydrogen (secondary N) is 1. The first kappa shape index (κ1) is 20.0. The van der Waals surface area contributed by atoms with Crippen LogP contribution in [-0.2, 0) is 9.53 Å². The lowest BCUT2D eigenvalue weighted by Crippen LogP contribution is -2.36. The molecular formula is C23H26N4O3. The van der Waals surface area contributed by atoms with E-state index in [-0.39, 0.29) is 5.91 Å². The van der Waals surface area contributed by atoms with Crippen LogP contribution in [0.4, 0.5) is 11.4 Å². The number of anilines is 2. The van der Waals surface area contributed by atoms with Crippen molar-refractivity contribution in [3.05, 3.63) is 66.4 Å². The number of hydrogen-bond acceptors (Lipinski definition) is 5. The average Bonchev–Trinajstić information content (AvgIpc) is 3.15. The van der Waals surface area contributed by atoms with Crippen molar-refractivity contribution < 1.29 is 14.3 Å². The van der Waals surface area contributed by atoms with E-state index in [9.17, 15) is 4.79 Å². The molecule has 2 heterocycles. The van der Waals surface area contributed by atoms with Gasteiger partial charge in [0.05, 0.1) is 18.9 Å². The number of nitrogens with zero attached hydrogens (tertiary/aromatic N) is 3. The Labute approximate surface area is 176 Å². The van der Waals surface area contributed by atoms with Gasteiger partial charge in [-0.25, -0.2) is 4.68 Å². The first-order valence-corrected chi connectivity index (χ1v) is 10.1. The molecule has 1 aliphatic heterocycles. The van der Waals surface area contributed by atoms with Gasteiger partial charge in [0, 0.05) is 36.2 Å². The van der Waals surface area contributed by atoms with Crippen molar-refractivity contribution in [2.24, 2.45) is 0 Å². The molecule has 1 aliphatic rings. The van der Waals surface area contributed by atoms with Crippen LogP contribution in [0.2, 0.25) is 0 Å². The summed E-state index contributed by atoms with van der Waals surface area (Å²) in [4.78, 5) is 14.9. The Kier molecular flexibility index (Phi) is 5.99. The quantitative estimate of drug-likeness (QED) is 0.679. The van der Waals surface area contributed by atoms with E-state index in [2.05, 4.69) is 15.3 Å². The largest absolute Gasteiger partial charge is 0.463 e. The summed E-state index contributed by atoms with van der Waals surface area (Å²) in [6.45, 7) is 6.88. The highest BCUT2D eigenvalue weighted by atomic mass is 16.5. The summed E-state index contributed by atoms with van der Waals surface area (Å²) in [6.07, 6.45) is 1.21. The summed E-state index contributed by atoms with van der Waals surface area (Å²) in [5.41, 5.74) is 3.67. The van der Waals surface area contributed by atoms with E-state index in [1.807, 2.05) is 67.7 Å². The number of para-hydroxylation sites is 1. The van der Waals surface area contributed by atoms with Gasteiger partial charge in [-0.15, -0.1) is 5.10 Å². The topological polar surface area (TPSA) is 68.6 Å². The van der Waals surface area contributed by atoms with Crippen molar-refractivity contribution >= 4 is 17.3 Å². The first-order valence-electron chi connectivity index (χ1n) is 10.1. The number of ether oxygens (including phenoxy) is 2. The van der Waals surface area contributed by atoms with Gasteiger partial charge < -0.3 is 19.7 Å². The number of aromatic nitrogens is 2. The summed E-state index contributed by atoms with van der Waals surface area (Å²) in [5.74, 6) is 0.229. The minimum absolute atomic E-state index is 0.220. The second-order valence-corrected chi connectivity index (χ2v) is 7.29. The third kappa shape index (κ3) is 4.63. The summed E-state index contributed by atoms with van der Waals surface area (Å²) >= 11 is 0. The summed E-state index contributed by atoms with van der Waals surface area (Å²) < 4.78 is 13.0. The van der Waals surface area contributed by atoms with E-state index in [1.165, 1.54) is 0 Å². The van der Waals surface area contributed by atoms with E-state index in [0.29, 0.717) is 5.88 Å². The molecule has 4 rings (SSSR count). The molecule has 1 fully saturated rings. The first-order chi connectivity index (χ1) is 14.6. The highest BCUT2D eigenvalue weighted by molar-refractivity contribution is 5.94. The third-order valence-corrected chi connectivity index (χ3v) is 5.04. The van der Waals surface area contributed by atoms with Crippen molar-refractivity contribution in [1.82, 2.24) is 9.78 Å². The number of hydrogen-bond donors (Lipinski definition) is 1. The van der Waals surface area contributed by atoms with Crippen molar-refractivity contribution in [3.63, 3.8) is 0 Å². The SMILES string of the molecule is Cc1cn(-c2ccccc2)nc1O[C@@H](C)C(=O)Nc1ccc(N2CCOCC2)cc1. The highest BCUT2D eigenvalue weighted by Crippen LogP contribution is 2.21. The normalized spacial score (nSPS) is 14.9. The zero-order valence-electron chi connectivity index (χ0n) is 17.2. The highest BCUT2D eigenvalue weighted by Gasteiger charge is 2.19. The van der Waals surface area contributed by atoms with Crippen molar-refractivity contribution in [2.45, 2.75) is 20.0 Å². The van der Waals surface area contributed by atoms with Crippen LogP contribution in [0, 0.1) is 6.92 Å². The summed E-state index contributed by atoms with van der Waals surface area (Å²) in [6, 6.07) is 17.6. The Bertz CT molecular complexity index is 979. The molecule has 7 heteroatoms. The van der Waals surface area contributed by atoms with Crippen LogP contribution in [0.5, 0.6) is 5.88 Å². The number of benzene rings is 2. The van der Waals surface area contributed by atoms with Crippen LogP contribution < -0.4 is 15.0 Å². The smallest absolute Gasteiger partial charge is 0.265 e. The fourth-order valence-corrected chi connectivity index (χ4v) is 3.32. The molecule has 30 heavy (non-hydrogen) atoms. The number of rotatable bonds is 6. The van der Waals surface area contributed by atoms with Crippen LogP contribution in [0.15, 0.2) is 60.8 Å². The molecule has 0 unspecified atom stereocenters. The van der Waals surface area contributed by atoms with Gasteiger partial charge in [-0.05, 0) is 50.2 Å². The molecule has 3 aromatic rings. The van der Waals surface area contributed by atoms with E-state index in [0.717, 1.165) is 48.9 Å². The standard InChI is InChI=1S/C23H26N4O3/c1-17-16-27(21-6-4-3-5-7-21)25-23(17)30-18(2)22(28)24-19-8-10-20(11-9-19)26-12-14-29-15-13-26/h3-11,16,18H,12-15H2,1-2H3,(H,24,28)/t18-/m0/s1. The van der Waals surface area contributed by atoms with Crippen molar-refractivity contribution in [3.8, 4) is 11.6 Å². The molecule has 7 nitrogen and oxygen atoms in total. The molecule has 1 saturated heterocycles. The monoisotopic (exact) mass is 406 g/mol. The Morgan fingerprint density at radius 3 is 2.47 bits per heavy atom. The maximum Gasteiger partial charge on any atom is 0.265 e. The maximum absolute atomic E-state index is 12.6. The van der Waals surface area contributed by atoms with Gasteiger partial charge in [0.15, 0.2) is 6.10 Å². The molecule has 1 N–H and O–H groups in total. The zero-order chi connectivity index (χ0) is 20.9. The number of aryl methyl sites for hydroxylation is 1. The Morgan fingerprint density at radius 1 is 1.07 bits per heavy atom. The summed E-state index contributed by atoms with van der Waals surface area (Å²) in [5, 5.41) is 7.38. The van der Waals surface area contributed by atoms with Gasteiger partial charge >= 0.3 is 0 Å². The number of amides is 1. The maximum atomic E-state index is 12.6. The van der Waals surface area contributed by atoms with E-state index < -0.39 is 6.10 Å². The van der Waals surface area contributed by atoms with E-state index >= 15 is 0 Å². The van der Waals surface area contributed by atoms with Crippen LogP contribution in [0.25, 0.3) is 5.69 Å². The molecule has 2 aromatic carbocycles. The lowest BCUT2D eigenvalue weighted by Gasteiger charge is -2.28. The predicted octanol–water partition coefficient (Wildman–Crippen LogP) is 3.42. The zero-order valence-corrected chi connectivity index (χ0v) is 17.2. The van der Waals surface area contributed by atoms with E-state index in [4.69, 9.17) is 9.47 Å². The molecule has 156 valence electrons. The summed E-state index contributed by atoms with van der Waals surface area (Å²) in [7, 11) is 0. The molecule has 0 saturated carbocycles. The fourth-order valence-electron chi connectivity index (χ4n) is 3.32.